The van der Waals surface area contributed by atoms with Gasteiger partial charge in [0.25, 0.3) is 5.91 Å². The molecule has 1 N–H and O–H groups in total. The van der Waals surface area contributed by atoms with Crippen molar-refractivity contribution in [3.63, 3.8) is 0 Å². The molecule has 0 aromatic heterocycles. The van der Waals surface area contributed by atoms with Crippen molar-refractivity contribution in [3.05, 3.63) is 65.2 Å². The van der Waals surface area contributed by atoms with Crippen LogP contribution < -0.4 is 10.1 Å². The van der Waals surface area contributed by atoms with Crippen LogP contribution in [0.25, 0.3) is 0 Å². The molecule has 1 aliphatic carbocycles. The van der Waals surface area contributed by atoms with Gasteiger partial charge in [-0.15, -0.1) is 0 Å². The second-order valence-corrected chi connectivity index (χ2v) is 6.04. The van der Waals surface area contributed by atoms with E-state index in [1.807, 2.05) is 38.1 Å². The van der Waals surface area contributed by atoms with Gasteiger partial charge >= 0.3 is 0 Å². The Morgan fingerprint density at radius 2 is 1.64 bits per heavy atom. The molecule has 114 valence electrons. The highest BCUT2D eigenvalue weighted by Crippen LogP contribution is 2.22. The van der Waals surface area contributed by atoms with Crippen molar-refractivity contribution >= 4 is 5.91 Å². The molecule has 3 heteroatoms. The van der Waals surface area contributed by atoms with E-state index in [4.69, 9.17) is 4.74 Å². The zero-order valence-electron chi connectivity index (χ0n) is 13.0. The van der Waals surface area contributed by atoms with Crippen molar-refractivity contribution in [3.8, 4) is 5.75 Å². The number of carbonyl (C=O) groups excluding carboxylic acids is 1. The Hall–Kier alpha value is -2.29. The van der Waals surface area contributed by atoms with Crippen LogP contribution in [0.4, 0.5) is 0 Å². The molecule has 0 radical (unpaired) electrons. The van der Waals surface area contributed by atoms with Crippen LogP contribution in [-0.4, -0.2) is 18.1 Å². The predicted octanol–water partition coefficient (Wildman–Crippen LogP) is 3.37. The summed E-state index contributed by atoms with van der Waals surface area (Å²) in [5, 5.41) is 3.12. The first-order chi connectivity index (χ1) is 10.6. The molecule has 3 nitrogen and oxygen atoms in total. The van der Waals surface area contributed by atoms with E-state index in [9.17, 15) is 4.79 Å². The van der Waals surface area contributed by atoms with Gasteiger partial charge in [-0.05, 0) is 62.1 Å². The minimum atomic E-state index is -0.0195. The highest BCUT2D eigenvalue weighted by molar-refractivity contribution is 5.94. The van der Waals surface area contributed by atoms with Crippen LogP contribution in [0, 0.1) is 0 Å². The molecule has 2 aromatic rings. The van der Waals surface area contributed by atoms with Gasteiger partial charge in [0.05, 0.1) is 6.10 Å². The van der Waals surface area contributed by atoms with Crippen LogP contribution >= 0.6 is 0 Å². The van der Waals surface area contributed by atoms with Crippen molar-refractivity contribution < 1.29 is 9.53 Å². The first-order valence-corrected chi connectivity index (χ1v) is 7.76. The molecule has 2 aromatic carbocycles. The second kappa shape index (κ2) is 6.22. The van der Waals surface area contributed by atoms with E-state index < -0.39 is 0 Å². The van der Waals surface area contributed by atoms with E-state index in [2.05, 4.69) is 29.6 Å². The fourth-order valence-electron chi connectivity index (χ4n) is 2.89. The third-order valence-electron chi connectivity index (χ3n) is 3.87. The lowest BCUT2D eigenvalue weighted by Gasteiger charge is -2.13. The number of benzene rings is 2. The molecule has 0 spiro atoms. The highest BCUT2D eigenvalue weighted by Gasteiger charge is 2.22. The number of carbonyl (C=O) groups is 1. The maximum atomic E-state index is 12.3. The number of hydrogen-bond acceptors (Lipinski definition) is 2. The van der Waals surface area contributed by atoms with E-state index in [1.54, 1.807) is 0 Å². The van der Waals surface area contributed by atoms with Crippen LogP contribution in [0.3, 0.4) is 0 Å². The Bertz CT molecular complexity index is 636. The van der Waals surface area contributed by atoms with E-state index in [1.165, 1.54) is 11.1 Å². The molecule has 0 fully saturated rings. The summed E-state index contributed by atoms with van der Waals surface area (Å²) < 4.78 is 5.59. The van der Waals surface area contributed by atoms with E-state index >= 15 is 0 Å². The first kappa shape index (κ1) is 14.6. The molecular weight excluding hydrogens is 274 g/mol. The van der Waals surface area contributed by atoms with Crippen LogP contribution in [0.5, 0.6) is 5.75 Å². The number of hydrogen-bond donors (Lipinski definition) is 1. The Balaban J connectivity index is 1.61. The zero-order valence-corrected chi connectivity index (χ0v) is 13.0. The van der Waals surface area contributed by atoms with Crippen molar-refractivity contribution in [2.45, 2.75) is 38.8 Å². The zero-order chi connectivity index (χ0) is 15.5. The Morgan fingerprint density at radius 3 is 2.18 bits per heavy atom. The van der Waals surface area contributed by atoms with Crippen molar-refractivity contribution in [1.82, 2.24) is 5.32 Å². The summed E-state index contributed by atoms with van der Waals surface area (Å²) in [5.41, 5.74) is 3.36. The standard InChI is InChI=1S/C19H21NO2/c1-13(2)22-18-9-7-14(8-10-18)19(21)20-17-11-15-5-3-4-6-16(15)12-17/h3-10,13,17H,11-12H2,1-2H3,(H,20,21). The fraction of sp³-hybridized carbons (Fsp3) is 0.316. The molecule has 0 aliphatic heterocycles. The Kier molecular flexibility index (Phi) is 4.14. The molecule has 0 unspecified atom stereocenters. The normalized spacial score (nSPS) is 14.0. The molecule has 3 rings (SSSR count). The quantitative estimate of drug-likeness (QED) is 0.939. The van der Waals surface area contributed by atoms with Gasteiger partial charge in [0.2, 0.25) is 0 Å². The average molecular weight is 295 g/mol. The summed E-state index contributed by atoms with van der Waals surface area (Å²) >= 11 is 0. The summed E-state index contributed by atoms with van der Waals surface area (Å²) in [6.07, 6.45) is 1.96. The van der Waals surface area contributed by atoms with Gasteiger partial charge in [-0.2, -0.15) is 0 Å². The van der Waals surface area contributed by atoms with Gasteiger partial charge in [-0.3, -0.25) is 4.79 Å². The van der Waals surface area contributed by atoms with E-state index in [0.717, 1.165) is 18.6 Å². The highest BCUT2D eigenvalue weighted by atomic mass is 16.5. The minimum Gasteiger partial charge on any atom is -0.491 e. The van der Waals surface area contributed by atoms with Crippen molar-refractivity contribution in [2.24, 2.45) is 0 Å². The van der Waals surface area contributed by atoms with Gasteiger partial charge in [0, 0.05) is 11.6 Å². The molecule has 0 saturated heterocycles. The molecular formula is C19H21NO2. The van der Waals surface area contributed by atoms with Crippen LogP contribution in [0.1, 0.15) is 35.3 Å². The Labute approximate surface area is 131 Å². The summed E-state index contributed by atoms with van der Waals surface area (Å²) in [5.74, 6) is 0.772. The lowest BCUT2D eigenvalue weighted by molar-refractivity contribution is 0.0938. The van der Waals surface area contributed by atoms with Gasteiger partial charge in [-0.1, -0.05) is 24.3 Å². The van der Waals surface area contributed by atoms with Gasteiger partial charge in [-0.25, -0.2) is 0 Å². The second-order valence-electron chi connectivity index (χ2n) is 6.04. The average Bonchev–Trinajstić information content (AvgIpc) is 2.89. The molecule has 22 heavy (non-hydrogen) atoms. The smallest absolute Gasteiger partial charge is 0.251 e. The van der Waals surface area contributed by atoms with Gasteiger partial charge in [0.15, 0.2) is 0 Å². The van der Waals surface area contributed by atoms with Crippen molar-refractivity contribution in [2.75, 3.05) is 0 Å². The lowest BCUT2D eigenvalue weighted by atomic mass is 10.1. The maximum Gasteiger partial charge on any atom is 0.251 e. The van der Waals surface area contributed by atoms with Gasteiger partial charge < -0.3 is 10.1 Å². The van der Waals surface area contributed by atoms with Crippen LogP contribution in [-0.2, 0) is 12.8 Å². The molecule has 0 heterocycles. The third kappa shape index (κ3) is 3.30. The minimum absolute atomic E-state index is 0.0195. The lowest BCUT2D eigenvalue weighted by Crippen LogP contribution is -2.35. The molecule has 1 amide bonds. The van der Waals surface area contributed by atoms with E-state index in [-0.39, 0.29) is 18.1 Å². The summed E-state index contributed by atoms with van der Waals surface area (Å²) in [6.45, 7) is 3.97. The monoisotopic (exact) mass is 295 g/mol. The Morgan fingerprint density at radius 1 is 1.05 bits per heavy atom. The summed E-state index contributed by atoms with van der Waals surface area (Å²) in [4.78, 5) is 12.3. The number of ether oxygens (including phenoxy) is 1. The van der Waals surface area contributed by atoms with Gasteiger partial charge in [0.1, 0.15) is 5.75 Å². The first-order valence-electron chi connectivity index (χ1n) is 7.76. The number of fused-ring (bicyclic) bond motifs is 1. The summed E-state index contributed by atoms with van der Waals surface area (Å²) in [6, 6.07) is 15.9. The number of amides is 1. The largest absolute Gasteiger partial charge is 0.491 e. The SMILES string of the molecule is CC(C)Oc1ccc(C(=O)NC2Cc3ccccc3C2)cc1. The van der Waals surface area contributed by atoms with E-state index in [0.29, 0.717) is 5.56 Å². The fourth-order valence-corrected chi connectivity index (χ4v) is 2.89. The predicted molar refractivity (Wildman–Crippen MR) is 87.3 cm³/mol. The number of nitrogens with one attached hydrogen (secondary N) is 1. The third-order valence-corrected chi connectivity index (χ3v) is 3.87. The molecule has 0 bridgehead atoms. The number of rotatable bonds is 4. The van der Waals surface area contributed by atoms with Crippen molar-refractivity contribution in [1.29, 1.82) is 0 Å². The molecule has 0 saturated carbocycles. The molecule has 1 aliphatic rings. The molecule has 0 atom stereocenters. The topological polar surface area (TPSA) is 38.3 Å². The van der Waals surface area contributed by atoms with Crippen LogP contribution in [0.2, 0.25) is 0 Å². The van der Waals surface area contributed by atoms with Crippen LogP contribution in [0.15, 0.2) is 48.5 Å². The summed E-state index contributed by atoms with van der Waals surface area (Å²) in [7, 11) is 0. The maximum absolute atomic E-state index is 12.3.